The second-order valence-corrected chi connectivity index (χ2v) is 5.06. The topological polar surface area (TPSA) is 21.3 Å². The van der Waals surface area contributed by atoms with Crippen molar-refractivity contribution in [2.45, 2.75) is 25.5 Å². The van der Waals surface area contributed by atoms with E-state index in [-0.39, 0.29) is 6.10 Å². The highest BCUT2D eigenvalue weighted by molar-refractivity contribution is 9.10. The summed E-state index contributed by atoms with van der Waals surface area (Å²) in [4.78, 5) is 0. The molecule has 82 valence electrons. The van der Waals surface area contributed by atoms with Gasteiger partial charge in [-0.25, -0.2) is 0 Å². The first kappa shape index (κ1) is 11.2. The molecular weight excluding hydrogens is 277 g/mol. The zero-order valence-corrected chi connectivity index (χ0v) is 10.8. The molecule has 1 aromatic rings. The van der Waals surface area contributed by atoms with Gasteiger partial charge in [-0.15, -0.1) is 0 Å². The van der Waals surface area contributed by atoms with Crippen LogP contribution in [0.4, 0.5) is 5.69 Å². The molecule has 2 unspecified atom stereocenters. The summed E-state index contributed by atoms with van der Waals surface area (Å²) in [7, 11) is 0. The average Bonchev–Trinajstić information content (AvgIpc) is 2.57. The minimum absolute atomic E-state index is 0.254. The van der Waals surface area contributed by atoms with E-state index in [1.54, 1.807) is 0 Å². The highest BCUT2D eigenvalue weighted by Gasteiger charge is 2.24. The molecule has 0 bridgehead atoms. The summed E-state index contributed by atoms with van der Waals surface area (Å²) in [5.74, 6) is 0. The van der Waals surface area contributed by atoms with Crippen molar-refractivity contribution < 1.29 is 4.74 Å². The van der Waals surface area contributed by atoms with Crippen LogP contribution >= 0.6 is 27.5 Å². The summed E-state index contributed by atoms with van der Waals surface area (Å²) < 4.78 is 6.48. The maximum atomic E-state index is 6.12. The van der Waals surface area contributed by atoms with Crippen molar-refractivity contribution >= 4 is 33.2 Å². The molecule has 1 N–H and O–H groups in total. The molecule has 1 aliphatic heterocycles. The van der Waals surface area contributed by atoms with Crippen molar-refractivity contribution in [1.29, 1.82) is 0 Å². The molecule has 1 aliphatic rings. The molecule has 1 heterocycles. The fourth-order valence-electron chi connectivity index (χ4n) is 1.73. The van der Waals surface area contributed by atoms with Crippen LogP contribution in [-0.2, 0) is 4.74 Å². The molecular formula is C11H13BrClNO. The number of anilines is 1. The Morgan fingerprint density at radius 3 is 2.93 bits per heavy atom. The quantitative estimate of drug-likeness (QED) is 0.897. The Morgan fingerprint density at radius 1 is 1.53 bits per heavy atom. The lowest BCUT2D eigenvalue weighted by Gasteiger charge is -2.18. The van der Waals surface area contributed by atoms with Crippen LogP contribution in [0.5, 0.6) is 0 Å². The molecule has 0 saturated carbocycles. The SMILES string of the molecule is CC1OCCC1Nc1ccc(Br)cc1Cl. The molecule has 4 heteroatoms. The maximum absolute atomic E-state index is 6.12. The first-order valence-electron chi connectivity index (χ1n) is 5.00. The number of halogens is 2. The molecule has 0 amide bonds. The summed E-state index contributed by atoms with van der Waals surface area (Å²) in [6.07, 6.45) is 1.29. The number of rotatable bonds is 2. The van der Waals surface area contributed by atoms with Crippen molar-refractivity contribution in [3.8, 4) is 0 Å². The summed E-state index contributed by atoms with van der Waals surface area (Å²) in [5, 5.41) is 4.15. The molecule has 0 aromatic heterocycles. The molecule has 2 nitrogen and oxygen atoms in total. The van der Waals surface area contributed by atoms with Gasteiger partial charge < -0.3 is 10.1 Å². The maximum Gasteiger partial charge on any atom is 0.0748 e. The normalized spacial score (nSPS) is 25.5. The third kappa shape index (κ3) is 2.65. The summed E-state index contributed by atoms with van der Waals surface area (Å²) in [6.45, 7) is 2.91. The molecule has 2 atom stereocenters. The Balaban J connectivity index is 2.10. The standard InChI is InChI=1S/C11H13BrClNO/c1-7-10(4-5-15-7)14-11-3-2-8(12)6-9(11)13/h2-3,6-7,10,14H,4-5H2,1H3. The Hall–Kier alpha value is -0.250. The van der Waals surface area contributed by atoms with Crippen LogP contribution in [0.1, 0.15) is 13.3 Å². The average molecular weight is 291 g/mol. The van der Waals surface area contributed by atoms with Crippen molar-refractivity contribution in [2.24, 2.45) is 0 Å². The van der Waals surface area contributed by atoms with Crippen molar-refractivity contribution in [2.75, 3.05) is 11.9 Å². The fourth-order valence-corrected chi connectivity index (χ4v) is 2.46. The van der Waals surface area contributed by atoms with Gasteiger partial charge in [0, 0.05) is 11.1 Å². The monoisotopic (exact) mass is 289 g/mol. The Labute approximate surface area is 103 Å². The van der Waals surface area contributed by atoms with Gasteiger partial charge >= 0.3 is 0 Å². The van der Waals surface area contributed by atoms with E-state index in [1.165, 1.54) is 0 Å². The van der Waals surface area contributed by atoms with E-state index < -0.39 is 0 Å². The molecule has 0 spiro atoms. The predicted octanol–water partition coefficient (Wildman–Crippen LogP) is 3.69. The summed E-state index contributed by atoms with van der Waals surface area (Å²) in [6, 6.07) is 6.22. The van der Waals surface area contributed by atoms with Gasteiger partial charge in [-0.2, -0.15) is 0 Å². The van der Waals surface area contributed by atoms with Crippen molar-refractivity contribution in [3.63, 3.8) is 0 Å². The van der Waals surface area contributed by atoms with E-state index in [2.05, 4.69) is 28.2 Å². The predicted molar refractivity (Wildman–Crippen MR) is 66.6 cm³/mol. The van der Waals surface area contributed by atoms with Gasteiger partial charge in [0.1, 0.15) is 0 Å². The Kier molecular flexibility index (Phi) is 3.54. The molecule has 1 aromatic carbocycles. The number of hydrogen-bond donors (Lipinski definition) is 1. The van der Waals surface area contributed by atoms with E-state index in [0.29, 0.717) is 6.04 Å². The summed E-state index contributed by atoms with van der Waals surface area (Å²) in [5.41, 5.74) is 0.974. The van der Waals surface area contributed by atoms with Gasteiger partial charge in [0.2, 0.25) is 0 Å². The van der Waals surface area contributed by atoms with Crippen molar-refractivity contribution in [3.05, 3.63) is 27.7 Å². The third-order valence-electron chi connectivity index (χ3n) is 2.65. The van der Waals surface area contributed by atoms with Gasteiger partial charge in [-0.05, 0) is 31.5 Å². The highest BCUT2D eigenvalue weighted by Crippen LogP contribution is 2.28. The molecule has 1 saturated heterocycles. The number of ether oxygens (including phenoxy) is 1. The lowest BCUT2D eigenvalue weighted by atomic mass is 10.1. The smallest absolute Gasteiger partial charge is 0.0748 e. The lowest BCUT2D eigenvalue weighted by Crippen LogP contribution is -2.26. The number of benzene rings is 1. The molecule has 1 fully saturated rings. The van der Waals surface area contributed by atoms with Crippen LogP contribution in [0.3, 0.4) is 0 Å². The van der Waals surface area contributed by atoms with E-state index in [1.807, 2.05) is 18.2 Å². The van der Waals surface area contributed by atoms with Crippen LogP contribution in [0.2, 0.25) is 5.02 Å². The van der Waals surface area contributed by atoms with Crippen LogP contribution in [0.15, 0.2) is 22.7 Å². The molecule has 15 heavy (non-hydrogen) atoms. The number of nitrogens with one attached hydrogen (secondary N) is 1. The zero-order chi connectivity index (χ0) is 10.8. The number of hydrogen-bond acceptors (Lipinski definition) is 2. The van der Waals surface area contributed by atoms with Crippen LogP contribution in [0, 0.1) is 0 Å². The lowest BCUT2D eigenvalue weighted by molar-refractivity contribution is 0.121. The molecule has 0 radical (unpaired) electrons. The van der Waals surface area contributed by atoms with Gasteiger partial charge in [-0.1, -0.05) is 27.5 Å². The van der Waals surface area contributed by atoms with Crippen LogP contribution in [0.25, 0.3) is 0 Å². The van der Waals surface area contributed by atoms with Crippen LogP contribution < -0.4 is 5.32 Å². The van der Waals surface area contributed by atoms with E-state index in [9.17, 15) is 0 Å². The third-order valence-corrected chi connectivity index (χ3v) is 3.45. The van der Waals surface area contributed by atoms with E-state index >= 15 is 0 Å². The Morgan fingerprint density at radius 2 is 2.33 bits per heavy atom. The summed E-state index contributed by atoms with van der Waals surface area (Å²) >= 11 is 9.51. The van der Waals surface area contributed by atoms with Gasteiger partial charge in [0.05, 0.1) is 22.9 Å². The Bertz CT molecular complexity index is 358. The minimum atomic E-state index is 0.254. The minimum Gasteiger partial charge on any atom is -0.378 e. The van der Waals surface area contributed by atoms with Gasteiger partial charge in [0.25, 0.3) is 0 Å². The zero-order valence-electron chi connectivity index (χ0n) is 8.47. The first-order chi connectivity index (χ1) is 7.16. The molecule has 2 rings (SSSR count). The second kappa shape index (κ2) is 4.73. The molecule has 0 aliphatic carbocycles. The first-order valence-corrected chi connectivity index (χ1v) is 6.17. The van der Waals surface area contributed by atoms with E-state index in [0.717, 1.165) is 28.2 Å². The van der Waals surface area contributed by atoms with Crippen LogP contribution in [-0.4, -0.2) is 18.8 Å². The van der Waals surface area contributed by atoms with Gasteiger partial charge in [-0.3, -0.25) is 0 Å². The van der Waals surface area contributed by atoms with E-state index in [4.69, 9.17) is 16.3 Å². The van der Waals surface area contributed by atoms with Crippen molar-refractivity contribution in [1.82, 2.24) is 0 Å². The largest absolute Gasteiger partial charge is 0.378 e. The van der Waals surface area contributed by atoms with Gasteiger partial charge in [0.15, 0.2) is 0 Å². The second-order valence-electron chi connectivity index (χ2n) is 3.74. The highest BCUT2D eigenvalue weighted by atomic mass is 79.9. The fraction of sp³-hybridized carbons (Fsp3) is 0.455.